The lowest BCUT2D eigenvalue weighted by atomic mass is 9.97. The van der Waals surface area contributed by atoms with Crippen LogP contribution in [0.5, 0.6) is 0 Å². The first kappa shape index (κ1) is 19.8. The van der Waals surface area contributed by atoms with Crippen LogP contribution in [0.4, 0.5) is 5.82 Å². The van der Waals surface area contributed by atoms with Crippen molar-refractivity contribution < 1.29 is 4.79 Å². The largest absolute Gasteiger partial charge is 0.385 e. The summed E-state index contributed by atoms with van der Waals surface area (Å²) in [5.74, 6) is 0.576. The zero-order valence-electron chi connectivity index (χ0n) is 16.6. The predicted octanol–water partition coefficient (Wildman–Crippen LogP) is 5.49. The Morgan fingerprint density at radius 1 is 0.926 bits per heavy atom. The highest BCUT2D eigenvalue weighted by Gasteiger charge is 2.21. The average molecular weight is 370 g/mol. The van der Waals surface area contributed by atoms with Crippen molar-refractivity contribution in [2.75, 3.05) is 5.73 Å². The molecule has 1 aromatic heterocycles. The lowest BCUT2D eigenvalue weighted by Crippen LogP contribution is -2.14. The molecule has 1 aliphatic rings. The quantitative estimate of drug-likeness (QED) is 0.748. The molecule has 0 radical (unpaired) electrons. The Morgan fingerprint density at radius 2 is 1.48 bits per heavy atom. The molecular weight excluding hydrogens is 334 g/mol. The van der Waals surface area contributed by atoms with Crippen molar-refractivity contribution >= 4 is 22.6 Å². The van der Waals surface area contributed by atoms with E-state index in [4.69, 9.17) is 11.5 Å². The fourth-order valence-electron chi connectivity index (χ4n) is 4.66. The van der Waals surface area contributed by atoms with Gasteiger partial charge in [-0.25, -0.2) is 0 Å². The van der Waals surface area contributed by atoms with Gasteiger partial charge in [0.25, 0.3) is 0 Å². The van der Waals surface area contributed by atoms with Crippen LogP contribution >= 0.6 is 0 Å². The summed E-state index contributed by atoms with van der Waals surface area (Å²) < 4.78 is 2.37. The van der Waals surface area contributed by atoms with Crippen LogP contribution in [-0.4, -0.2) is 10.5 Å². The van der Waals surface area contributed by atoms with E-state index in [0.717, 1.165) is 11.4 Å². The number of hydrogen-bond acceptors (Lipinski definition) is 2. The summed E-state index contributed by atoms with van der Waals surface area (Å²) >= 11 is 0. The van der Waals surface area contributed by atoms with Gasteiger partial charge in [-0.15, -0.1) is 0 Å². The second-order valence-electron chi connectivity index (χ2n) is 8.13. The number of nitrogens with two attached hydrogens (primary N) is 2. The molecule has 4 N–H and O–H groups in total. The van der Waals surface area contributed by atoms with Crippen molar-refractivity contribution in [3.63, 3.8) is 0 Å². The van der Waals surface area contributed by atoms with Gasteiger partial charge >= 0.3 is 0 Å². The number of benzene rings is 1. The molecule has 0 saturated heterocycles. The normalized spacial score (nSPS) is 18.1. The molecule has 1 amide bonds. The van der Waals surface area contributed by atoms with Crippen molar-refractivity contribution in [1.82, 2.24) is 4.57 Å². The van der Waals surface area contributed by atoms with Crippen molar-refractivity contribution in [1.29, 1.82) is 0 Å². The van der Waals surface area contributed by atoms with E-state index in [2.05, 4.69) is 28.8 Å². The average Bonchev–Trinajstić information content (AvgIpc) is 2.92. The summed E-state index contributed by atoms with van der Waals surface area (Å²) in [6, 6.07) is 8.91. The van der Waals surface area contributed by atoms with Crippen LogP contribution in [-0.2, 0) is 11.2 Å². The van der Waals surface area contributed by atoms with Crippen molar-refractivity contribution in [3.8, 4) is 0 Å². The lowest BCUT2D eigenvalue weighted by molar-refractivity contribution is -0.117. The Labute approximate surface area is 163 Å². The maximum atomic E-state index is 11.3. The standard InChI is InChI=1S/C23H35N3O/c24-22(27)17-16-20-19-14-10-11-15-21(19)26(23(20)25)18-12-8-6-4-2-1-3-5-7-9-13-18/h10-11,14-15,18H,1-9,12-13,16-17,25H2,(H2,24,27). The van der Waals surface area contributed by atoms with Gasteiger partial charge in [0.2, 0.25) is 5.91 Å². The van der Waals surface area contributed by atoms with Gasteiger partial charge in [-0.3, -0.25) is 4.79 Å². The summed E-state index contributed by atoms with van der Waals surface area (Å²) in [5.41, 5.74) is 14.4. The monoisotopic (exact) mass is 369 g/mol. The zero-order valence-corrected chi connectivity index (χ0v) is 16.6. The fraction of sp³-hybridized carbons (Fsp3) is 0.609. The molecule has 4 nitrogen and oxygen atoms in total. The first-order chi connectivity index (χ1) is 13.2. The van der Waals surface area contributed by atoms with E-state index in [1.165, 1.54) is 81.5 Å². The van der Waals surface area contributed by atoms with E-state index in [0.29, 0.717) is 18.9 Å². The van der Waals surface area contributed by atoms with Gasteiger partial charge in [-0.1, -0.05) is 76.0 Å². The molecule has 1 saturated carbocycles. The van der Waals surface area contributed by atoms with Crippen molar-refractivity contribution in [2.45, 2.75) is 89.5 Å². The van der Waals surface area contributed by atoms with E-state index in [9.17, 15) is 4.79 Å². The molecular formula is C23H35N3O. The molecule has 0 spiro atoms. The lowest BCUT2D eigenvalue weighted by Gasteiger charge is -2.23. The number of aryl methyl sites for hydroxylation is 1. The van der Waals surface area contributed by atoms with Gasteiger partial charge in [0.15, 0.2) is 0 Å². The van der Waals surface area contributed by atoms with Crippen molar-refractivity contribution in [3.05, 3.63) is 29.8 Å². The minimum absolute atomic E-state index is 0.266. The molecule has 1 aliphatic carbocycles. The number of carbonyl (C=O) groups excluding carboxylic acids is 1. The third kappa shape index (κ3) is 5.06. The number of para-hydroxylation sites is 1. The Hall–Kier alpha value is -1.97. The molecule has 2 aromatic rings. The summed E-state index contributed by atoms with van der Waals surface area (Å²) in [5, 5.41) is 1.18. The highest BCUT2D eigenvalue weighted by atomic mass is 16.1. The predicted molar refractivity (Wildman–Crippen MR) is 114 cm³/mol. The van der Waals surface area contributed by atoms with Crippen LogP contribution in [0.25, 0.3) is 10.9 Å². The number of nitrogen functional groups attached to an aromatic ring is 1. The molecule has 0 unspecified atom stereocenters. The van der Waals surface area contributed by atoms with Gasteiger partial charge in [-0.2, -0.15) is 0 Å². The Bertz CT molecular complexity index is 737. The van der Waals surface area contributed by atoms with Crippen molar-refractivity contribution in [2.24, 2.45) is 5.73 Å². The van der Waals surface area contributed by atoms with Gasteiger partial charge in [0, 0.05) is 23.4 Å². The zero-order chi connectivity index (χ0) is 19.1. The first-order valence-electron chi connectivity index (χ1n) is 10.8. The topological polar surface area (TPSA) is 74.0 Å². The Balaban J connectivity index is 1.89. The highest BCUT2D eigenvalue weighted by molar-refractivity contribution is 5.90. The number of anilines is 1. The number of carbonyl (C=O) groups is 1. The number of rotatable bonds is 4. The van der Waals surface area contributed by atoms with E-state index in [1.807, 2.05) is 0 Å². The molecule has 148 valence electrons. The molecule has 3 rings (SSSR count). The third-order valence-electron chi connectivity index (χ3n) is 6.12. The molecule has 27 heavy (non-hydrogen) atoms. The maximum Gasteiger partial charge on any atom is 0.217 e. The molecule has 1 aromatic carbocycles. The molecule has 1 fully saturated rings. The number of hydrogen-bond donors (Lipinski definition) is 2. The molecule has 0 aliphatic heterocycles. The van der Waals surface area contributed by atoms with Gasteiger partial charge in [-0.05, 0) is 25.3 Å². The summed E-state index contributed by atoms with van der Waals surface area (Å²) in [6.07, 6.45) is 15.4. The van der Waals surface area contributed by atoms with Crippen LogP contribution in [0, 0.1) is 0 Å². The molecule has 4 heteroatoms. The van der Waals surface area contributed by atoms with Gasteiger partial charge < -0.3 is 16.0 Å². The third-order valence-corrected chi connectivity index (χ3v) is 6.12. The van der Waals surface area contributed by atoms with Gasteiger partial charge in [0.05, 0.1) is 5.52 Å². The van der Waals surface area contributed by atoms with Crippen LogP contribution in [0.1, 0.15) is 88.7 Å². The van der Waals surface area contributed by atoms with E-state index in [1.54, 1.807) is 0 Å². The SMILES string of the molecule is NC(=O)CCc1c(N)n(C2CCCCCCCCCCC2)c2ccccc12. The van der Waals surface area contributed by atoms with Crippen LogP contribution < -0.4 is 11.5 Å². The maximum absolute atomic E-state index is 11.3. The number of nitrogens with zero attached hydrogens (tertiary/aromatic N) is 1. The molecule has 1 heterocycles. The first-order valence-corrected chi connectivity index (χ1v) is 10.8. The second-order valence-corrected chi connectivity index (χ2v) is 8.13. The number of amides is 1. The Kier molecular flexibility index (Phi) is 7.19. The highest BCUT2D eigenvalue weighted by Crippen LogP contribution is 2.36. The number of fused-ring (bicyclic) bond motifs is 1. The summed E-state index contributed by atoms with van der Waals surface area (Å²) in [7, 11) is 0. The number of aromatic nitrogens is 1. The van der Waals surface area contributed by atoms with E-state index in [-0.39, 0.29) is 5.91 Å². The van der Waals surface area contributed by atoms with Crippen LogP contribution in [0.2, 0.25) is 0 Å². The van der Waals surface area contributed by atoms with E-state index < -0.39 is 0 Å². The number of primary amides is 1. The minimum atomic E-state index is -0.266. The fourth-order valence-corrected chi connectivity index (χ4v) is 4.66. The van der Waals surface area contributed by atoms with Crippen LogP contribution in [0.3, 0.4) is 0 Å². The van der Waals surface area contributed by atoms with E-state index >= 15 is 0 Å². The summed E-state index contributed by atoms with van der Waals surface area (Å²) in [4.78, 5) is 11.3. The molecule has 0 atom stereocenters. The summed E-state index contributed by atoms with van der Waals surface area (Å²) in [6.45, 7) is 0. The Morgan fingerprint density at radius 3 is 2.07 bits per heavy atom. The van der Waals surface area contributed by atoms with Crippen LogP contribution in [0.15, 0.2) is 24.3 Å². The smallest absolute Gasteiger partial charge is 0.217 e. The minimum Gasteiger partial charge on any atom is -0.385 e. The second kappa shape index (κ2) is 9.82. The van der Waals surface area contributed by atoms with Gasteiger partial charge in [0.1, 0.15) is 5.82 Å². The molecule has 0 bridgehead atoms.